The van der Waals surface area contributed by atoms with Crippen molar-refractivity contribution in [3.63, 3.8) is 0 Å². The normalized spacial score (nSPS) is 40.0. The second kappa shape index (κ2) is 10.5. The van der Waals surface area contributed by atoms with Crippen molar-refractivity contribution in [1.82, 2.24) is 10.6 Å². The maximum absolute atomic E-state index is 11.8. The smallest absolute Gasteiger partial charge is 0.249 e. The van der Waals surface area contributed by atoms with Crippen molar-refractivity contribution < 1.29 is 19.5 Å². The van der Waals surface area contributed by atoms with E-state index in [1.165, 1.54) is 69.0 Å². The molecule has 0 spiro atoms. The summed E-state index contributed by atoms with van der Waals surface area (Å²) in [7, 11) is 0. The van der Waals surface area contributed by atoms with Crippen molar-refractivity contribution in [2.24, 2.45) is 21.8 Å². The van der Waals surface area contributed by atoms with Gasteiger partial charge in [-0.15, -0.1) is 0 Å². The predicted molar refractivity (Wildman–Crippen MR) is 142 cm³/mol. The fraction of sp³-hybridized carbons (Fsp3) is 0.800. The number of Topliss-reactive ketones (excluding diaryl/α,β-unsaturated/α-hetero) is 1. The molecule has 5 rings (SSSR count). The lowest BCUT2D eigenvalue weighted by Gasteiger charge is -2.22. The molecule has 2 aliphatic heterocycles. The molecule has 5 fully saturated rings. The second-order valence-electron chi connectivity index (χ2n) is 10.9. The molecular formula is C25H38N4O4S2. The Bertz CT molecular complexity index is 932. The zero-order chi connectivity index (χ0) is 25.4. The minimum atomic E-state index is -0.976. The maximum atomic E-state index is 11.8. The summed E-state index contributed by atoms with van der Waals surface area (Å²) >= 11 is 2.65. The predicted octanol–water partition coefficient (Wildman–Crippen LogP) is 3.42. The Morgan fingerprint density at radius 3 is 2.14 bits per heavy atom. The number of nitrogens with zero attached hydrogens (tertiary/aromatic N) is 2. The fourth-order valence-corrected chi connectivity index (χ4v) is 7.56. The lowest BCUT2D eigenvalue weighted by Crippen LogP contribution is -2.42. The highest BCUT2D eigenvalue weighted by Gasteiger charge is 2.48. The third-order valence-corrected chi connectivity index (χ3v) is 10.9. The van der Waals surface area contributed by atoms with Crippen molar-refractivity contribution in [3.05, 3.63) is 0 Å². The van der Waals surface area contributed by atoms with E-state index in [1.807, 2.05) is 0 Å². The van der Waals surface area contributed by atoms with E-state index < -0.39 is 15.6 Å². The Hall–Kier alpha value is -1.39. The Balaban J connectivity index is 0.000000165. The Kier molecular flexibility index (Phi) is 8.03. The van der Waals surface area contributed by atoms with E-state index in [0.29, 0.717) is 28.3 Å². The molecule has 2 amide bonds. The lowest BCUT2D eigenvalue weighted by atomic mass is 9.96. The number of nitrogens with one attached hydrogen (secondary N) is 2. The molecule has 6 atom stereocenters. The number of hydrogen-bond donors (Lipinski definition) is 3. The number of hydrogen-bond acceptors (Lipinski definition) is 8. The molecular weight excluding hydrogens is 484 g/mol. The van der Waals surface area contributed by atoms with Gasteiger partial charge in [0.05, 0.1) is 18.2 Å². The van der Waals surface area contributed by atoms with Crippen molar-refractivity contribution in [3.8, 4) is 0 Å². The SMILES string of the molecule is CC(=O)C1(C)SC(=N[C@H]2C[C@@H]3CC[C@H]2C3)NC1=O.CC(O)C1(C)SC(=NC2CCCCC2)NC1=O. The van der Waals surface area contributed by atoms with Gasteiger partial charge in [-0.1, -0.05) is 49.2 Å². The van der Waals surface area contributed by atoms with Gasteiger partial charge in [0.2, 0.25) is 11.8 Å². The van der Waals surface area contributed by atoms with Gasteiger partial charge in [0.25, 0.3) is 0 Å². The summed E-state index contributed by atoms with van der Waals surface area (Å²) in [6.07, 6.45) is 10.4. The van der Waals surface area contributed by atoms with Gasteiger partial charge >= 0.3 is 0 Å². The average Bonchev–Trinajstić information content (AvgIpc) is 3.55. The number of aliphatic hydroxyl groups is 1. The van der Waals surface area contributed by atoms with Crippen LogP contribution in [0.3, 0.4) is 0 Å². The van der Waals surface area contributed by atoms with Crippen LogP contribution in [0, 0.1) is 11.8 Å². The molecule has 2 bridgehead atoms. The number of amidine groups is 2. The number of amides is 2. The summed E-state index contributed by atoms with van der Waals surface area (Å²) in [5.41, 5.74) is 0. The van der Waals surface area contributed by atoms with E-state index in [4.69, 9.17) is 0 Å². The van der Waals surface area contributed by atoms with E-state index in [-0.39, 0.29) is 17.6 Å². The van der Waals surface area contributed by atoms with Gasteiger partial charge in [-0.05, 0) is 71.6 Å². The summed E-state index contributed by atoms with van der Waals surface area (Å²) < 4.78 is -1.76. The van der Waals surface area contributed by atoms with Crippen LogP contribution in [0.2, 0.25) is 0 Å². The van der Waals surface area contributed by atoms with Gasteiger partial charge in [0, 0.05) is 0 Å². The first-order valence-electron chi connectivity index (χ1n) is 12.9. The lowest BCUT2D eigenvalue weighted by molar-refractivity contribution is -0.129. The van der Waals surface area contributed by atoms with E-state index in [9.17, 15) is 19.5 Å². The molecule has 10 heteroatoms. The van der Waals surface area contributed by atoms with E-state index in [2.05, 4.69) is 20.6 Å². The molecule has 3 N–H and O–H groups in total. The van der Waals surface area contributed by atoms with Crippen LogP contribution < -0.4 is 10.6 Å². The first-order valence-corrected chi connectivity index (χ1v) is 14.5. The Morgan fingerprint density at radius 1 is 0.971 bits per heavy atom. The standard InChI is InChI=1S/C13H18N2O2S.C12H20N2O2S/c1-7(16)13(2)11(17)15-12(18-13)14-10-6-8-3-4-9(10)5-8;1-8(15)12(2)10(16)14-11(17-12)13-9-6-4-3-5-7-9/h8-10H,3-6H2,1-2H3,(H,14,15,17);8-9,15H,3-7H2,1-2H3,(H,13,14,16)/t8-,9+,10+,13?;/m1./s1. The highest BCUT2D eigenvalue weighted by atomic mass is 32.2. The van der Waals surface area contributed by atoms with Crippen molar-refractivity contribution in [1.29, 1.82) is 0 Å². The number of aliphatic hydroxyl groups excluding tert-OH is 1. The van der Waals surface area contributed by atoms with Gasteiger partial charge in [0.15, 0.2) is 20.9 Å². The first-order chi connectivity index (χ1) is 16.5. The molecule has 3 saturated carbocycles. The van der Waals surface area contributed by atoms with Gasteiger partial charge in [-0.25, -0.2) is 0 Å². The average molecular weight is 523 g/mol. The van der Waals surface area contributed by atoms with Gasteiger partial charge in [-0.2, -0.15) is 0 Å². The monoisotopic (exact) mass is 522 g/mol. The van der Waals surface area contributed by atoms with Crippen LogP contribution in [-0.4, -0.2) is 60.7 Å². The fourth-order valence-electron chi connectivity index (χ4n) is 5.50. The Labute approximate surface area is 216 Å². The molecule has 8 nitrogen and oxygen atoms in total. The van der Waals surface area contributed by atoms with E-state index in [1.54, 1.807) is 20.8 Å². The van der Waals surface area contributed by atoms with Crippen molar-refractivity contribution in [2.45, 2.75) is 113 Å². The molecule has 0 aromatic carbocycles. The number of thioether (sulfide) groups is 2. The van der Waals surface area contributed by atoms with E-state index >= 15 is 0 Å². The largest absolute Gasteiger partial charge is 0.391 e. The number of rotatable bonds is 4. The third kappa shape index (κ3) is 5.64. The van der Waals surface area contributed by atoms with Gasteiger partial charge in [0.1, 0.15) is 4.75 Å². The van der Waals surface area contributed by atoms with Crippen LogP contribution in [0.1, 0.15) is 85.5 Å². The summed E-state index contributed by atoms with van der Waals surface area (Å²) in [4.78, 5) is 44.5. The number of ketones is 1. The molecule has 0 aromatic rings. The number of carbonyl (C=O) groups is 3. The molecule has 194 valence electrons. The summed E-state index contributed by atoms with van der Waals surface area (Å²) in [6, 6.07) is 0.712. The quantitative estimate of drug-likeness (QED) is 0.487. The first kappa shape index (κ1) is 26.7. The van der Waals surface area contributed by atoms with E-state index in [0.717, 1.165) is 25.2 Å². The molecule has 3 aliphatic carbocycles. The summed E-state index contributed by atoms with van der Waals surface area (Å²) in [5.74, 6) is 1.08. The molecule has 0 radical (unpaired) electrons. The molecule has 0 aromatic heterocycles. The van der Waals surface area contributed by atoms with Crippen LogP contribution in [-0.2, 0) is 14.4 Å². The van der Waals surface area contributed by atoms with Crippen LogP contribution in [0.15, 0.2) is 9.98 Å². The van der Waals surface area contributed by atoms with Crippen molar-refractivity contribution in [2.75, 3.05) is 0 Å². The van der Waals surface area contributed by atoms with Crippen LogP contribution in [0.4, 0.5) is 0 Å². The number of aliphatic imine (C=N–C) groups is 2. The molecule has 2 saturated heterocycles. The summed E-state index contributed by atoms with van der Waals surface area (Å²) in [6.45, 7) is 6.56. The molecule has 3 unspecified atom stereocenters. The summed E-state index contributed by atoms with van der Waals surface area (Å²) in [5, 5.41) is 16.6. The second-order valence-corrected chi connectivity index (χ2v) is 13.7. The minimum Gasteiger partial charge on any atom is -0.391 e. The van der Waals surface area contributed by atoms with Gasteiger partial charge in [-0.3, -0.25) is 24.4 Å². The molecule has 2 heterocycles. The maximum Gasteiger partial charge on any atom is 0.249 e. The Morgan fingerprint density at radius 2 is 1.63 bits per heavy atom. The molecule has 35 heavy (non-hydrogen) atoms. The zero-order valence-electron chi connectivity index (χ0n) is 21.1. The van der Waals surface area contributed by atoms with Crippen molar-refractivity contribution >= 4 is 51.5 Å². The molecule has 5 aliphatic rings. The van der Waals surface area contributed by atoms with Crippen LogP contribution in [0.5, 0.6) is 0 Å². The van der Waals surface area contributed by atoms with Crippen LogP contribution >= 0.6 is 23.5 Å². The topological polar surface area (TPSA) is 120 Å². The number of carbonyl (C=O) groups excluding carboxylic acids is 3. The highest BCUT2D eigenvalue weighted by molar-refractivity contribution is 8.17. The van der Waals surface area contributed by atoms with Crippen LogP contribution in [0.25, 0.3) is 0 Å². The minimum absolute atomic E-state index is 0.108. The zero-order valence-corrected chi connectivity index (χ0v) is 22.8. The highest BCUT2D eigenvalue weighted by Crippen LogP contribution is 2.46. The third-order valence-electron chi connectivity index (χ3n) is 8.26. The number of fused-ring (bicyclic) bond motifs is 2. The van der Waals surface area contributed by atoms with Gasteiger partial charge < -0.3 is 15.7 Å².